The molecule has 1 N–H and O–H groups in total. The summed E-state index contributed by atoms with van der Waals surface area (Å²) in [5.74, 6) is 0.755. The molecule has 0 aromatic heterocycles. The van der Waals surface area contributed by atoms with Crippen LogP contribution in [0.3, 0.4) is 0 Å². The predicted molar refractivity (Wildman–Crippen MR) is 120 cm³/mol. The summed E-state index contributed by atoms with van der Waals surface area (Å²) in [4.78, 5) is 12.7. The Morgan fingerprint density at radius 1 is 0.933 bits per heavy atom. The molecule has 0 fully saturated rings. The van der Waals surface area contributed by atoms with E-state index in [0.717, 1.165) is 10.6 Å². The van der Waals surface area contributed by atoms with Gasteiger partial charge in [0, 0.05) is 10.7 Å². The van der Waals surface area contributed by atoms with Crippen LogP contribution in [-0.2, 0) is 14.8 Å². The molecule has 0 aliphatic rings. The minimum absolute atomic E-state index is 0.358. The SMILES string of the molecule is CC(C(=O)Nc1ccc(Cl)cc1)N(c1ccc(Oc2ccccc2)cc1)S(C)(=O)=O. The van der Waals surface area contributed by atoms with Gasteiger partial charge >= 0.3 is 0 Å². The summed E-state index contributed by atoms with van der Waals surface area (Å²) in [5.41, 5.74) is 0.882. The van der Waals surface area contributed by atoms with Crippen LogP contribution < -0.4 is 14.4 Å². The summed E-state index contributed by atoms with van der Waals surface area (Å²) in [7, 11) is -3.72. The molecule has 0 radical (unpaired) electrons. The quantitative estimate of drug-likeness (QED) is 0.560. The molecule has 0 heterocycles. The Kier molecular flexibility index (Phi) is 6.64. The van der Waals surface area contributed by atoms with E-state index in [2.05, 4.69) is 5.32 Å². The zero-order chi connectivity index (χ0) is 21.7. The minimum Gasteiger partial charge on any atom is -0.457 e. The first kappa shape index (κ1) is 21.7. The highest BCUT2D eigenvalue weighted by Crippen LogP contribution is 2.27. The largest absolute Gasteiger partial charge is 0.457 e. The number of halogens is 1. The first-order chi connectivity index (χ1) is 14.2. The summed E-state index contributed by atoms with van der Waals surface area (Å²) in [6.07, 6.45) is 1.06. The molecule has 3 aromatic rings. The topological polar surface area (TPSA) is 75.7 Å². The van der Waals surface area contributed by atoms with Crippen molar-refractivity contribution in [2.24, 2.45) is 0 Å². The van der Waals surface area contributed by atoms with Crippen molar-refractivity contribution in [1.29, 1.82) is 0 Å². The van der Waals surface area contributed by atoms with Gasteiger partial charge in [-0.25, -0.2) is 8.42 Å². The third kappa shape index (κ3) is 5.52. The predicted octanol–water partition coefficient (Wildman–Crippen LogP) is 4.93. The highest BCUT2D eigenvalue weighted by Gasteiger charge is 2.29. The number of benzene rings is 3. The lowest BCUT2D eigenvalue weighted by atomic mass is 10.2. The van der Waals surface area contributed by atoms with Crippen LogP contribution in [0.4, 0.5) is 11.4 Å². The van der Waals surface area contributed by atoms with Crippen LogP contribution in [0.15, 0.2) is 78.9 Å². The molecule has 30 heavy (non-hydrogen) atoms. The third-order valence-electron chi connectivity index (χ3n) is 4.27. The normalized spacial score (nSPS) is 12.1. The van der Waals surface area contributed by atoms with Crippen LogP contribution >= 0.6 is 11.6 Å². The average molecular weight is 445 g/mol. The Hall–Kier alpha value is -3.03. The molecule has 0 spiro atoms. The van der Waals surface area contributed by atoms with Crippen LogP contribution in [0, 0.1) is 0 Å². The zero-order valence-corrected chi connectivity index (χ0v) is 18.0. The second kappa shape index (κ2) is 9.19. The molecule has 0 aliphatic heterocycles. The first-order valence-electron chi connectivity index (χ1n) is 9.13. The summed E-state index contributed by atoms with van der Waals surface area (Å²) < 4.78 is 31.7. The maximum absolute atomic E-state index is 12.7. The fraction of sp³-hybridized carbons (Fsp3) is 0.136. The Balaban J connectivity index is 1.79. The van der Waals surface area contributed by atoms with E-state index in [9.17, 15) is 13.2 Å². The summed E-state index contributed by atoms with van der Waals surface area (Å²) in [6, 6.07) is 21.4. The zero-order valence-electron chi connectivity index (χ0n) is 16.4. The number of hydrogen-bond donors (Lipinski definition) is 1. The van der Waals surface area contributed by atoms with Gasteiger partial charge in [0.1, 0.15) is 17.5 Å². The van der Waals surface area contributed by atoms with Crippen molar-refractivity contribution < 1.29 is 17.9 Å². The van der Waals surface area contributed by atoms with Gasteiger partial charge in [0.15, 0.2) is 0 Å². The molecule has 0 saturated carbocycles. The van der Waals surface area contributed by atoms with Gasteiger partial charge in [0.2, 0.25) is 15.9 Å². The number of carbonyl (C=O) groups is 1. The lowest BCUT2D eigenvalue weighted by molar-refractivity contribution is -0.116. The van der Waals surface area contributed by atoms with Crippen LogP contribution in [0.1, 0.15) is 6.92 Å². The Labute approximate surface area is 181 Å². The fourth-order valence-corrected chi connectivity index (χ4v) is 4.18. The number of sulfonamides is 1. The molecule has 1 unspecified atom stereocenters. The molecule has 8 heteroatoms. The Morgan fingerprint density at radius 2 is 1.50 bits per heavy atom. The monoisotopic (exact) mass is 444 g/mol. The summed E-state index contributed by atoms with van der Waals surface area (Å²) in [6.45, 7) is 1.53. The molecule has 6 nitrogen and oxygen atoms in total. The summed E-state index contributed by atoms with van der Waals surface area (Å²) in [5, 5.41) is 3.25. The van der Waals surface area contributed by atoms with Gasteiger partial charge in [0.05, 0.1) is 11.9 Å². The van der Waals surface area contributed by atoms with Gasteiger partial charge in [-0.05, 0) is 67.6 Å². The smallest absolute Gasteiger partial charge is 0.247 e. The van der Waals surface area contributed by atoms with E-state index in [4.69, 9.17) is 16.3 Å². The number of carbonyl (C=O) groups excluding carboxylic acids is 1. The van der Waals surface area contributed by atoms with E-state index >= 15 is 0 Å². The number of nitrogens with one attached hydrogen (secondary N) is 1. The van der Waals surface area contributed by atoms with Crippen molar-refractivity contribution in [3.8, 4) is 11.5 Å². The van der Waals surface area contributed by atoms with Crippen molar-refractivity contribution in [3.05, 3.63) is 83.9 Å². The van der Waals surface area contributed by atoms with Crippen molar-refractivity contribution in [3.63, 3.8) is 0 Å². The lowest BCUT2D eigenvalue weighted by Gasteiger charge is -2.28. The molecular formula is C22H21ClN2O4S. The van der Waals surface area contributed by atoms with E-state index in [1.54, 1.807) is 48.5 Å². The highest BCUT2D eigenvalue weighted by atomic mass is 35.5. The molecule has 3 rings (SSSR count). The maximum Gasteiger partial charge on any atom is 0.247 e. The van der Waals surface area contributed by atoms with Crippen LogP contribution in [-0.4, -0.2) is 26.6 Å². The van der Waals surface area contributed by atoms with Gasteiger partial charge in [-0.1, -0.05) is 29.8 Å². The minimum atomic E-state index is -3.72. The molecule has 1 amide bonds. The average Bonchev–Trinajstić information content (AvgIpc) is 2.71. The summed E-state index contributed by atoms with van der Waals surface area (Å²) >= 11 is 5.85. The number of amides is 1. The standard InChI is InChI=1S/C22H21ClN2O4S/c1-16(22(26)24-18-10-8-17(23)9-11-18)25(30(2,27)28)19-12-14-21(15-13-19)29-20-6-4-3-5-7-20/h3-16H,1-2H3,(H,24,26). The van der Waals surface area contributed by atoms with Crippen molar-refractivity contribution in [1.82, 2.24) is 0 Å². The van der Waals surface area contributed by atoms with Gasteiger partial charge in [-0.3, -0.25) is 9.10 Å². The van der Waals surface area contributed by atoms with Gasteiger partial charge in [-0.15, -0.1) is 0 Å². The van der Waals surface area contributed by atoms with Crippen molar-refractivity contribution >= 4 is 38.9 Å². The molecular weight excluding hydrogens is 424 g/mol. The van der Waals surface area contributed by atoms with E-state index < -0.39 is 22.0 Å². The molecule has 1 atom stereocenters. The number of ether oxygens (including phenoxy) is 1. The Bertz CT molecular complexity index is 1100. The van der Waals surface area contributed by atoms with E-state index in [-0.39, 0.29) is 0 Å². The van der Waals surface area contributed by atoms with Gasteiger partial charge in [0.25, 0.3) is 0 Å². The molecule has 0 bridgehead atoms. The second-order valence-electron chi connectivity index (χ2n) is 6.64. The number of nitrogens with zero attached hydrogens (tertiary/aromatic N) is 1. The van der Waals surface area contributed by atoms with Crippen LogP contribution in [0.25, 0.3) is 0 Å². The number of rotatable bonds is 7. The molecule has 0 saturated heterocycles. The van der Waals surface area contributed by atoms with E-state index in [1.165, 1.54) is 6.92 Å². The fourth-order valence-electron chi connectivity index (χ4n) is 2.87. The van der Waals surface area contributed by atoms with Crippen LogP contribution in [0.5, 0.6) is 11.5 Å². The maximum atomic E-state index is 12.7. The van der Waals surface area contributed by atoms with Crippen molar-refractivity contribution in [2.75, 3.05) is 15.9 Å². The first-order valence-corrected chi connectivity index (χ1v) is 11.4. The second-order valence-corrected chi connectivity index (χ2v) is 8.94. The number of anilines is 2. The van der Waals surface area contributed by atoms with Gasteiger partial charge in [-0.2, -0.15) is 0 Å². The third-order valence-corrected chi connectivity index (χ3v) is 5.76. The molecule has 0 aliphatic carbocycles. The van der Waals surface area contributed by atoms with E-state index in [1.807, 2.05) is 30.3 Å². The van der Waals surface area contributed by atoms with E-state index in [0.29, 0.717) is 27.9 Å². The highest BCUT2D eigenvalue weighted by molar-refractivity contribution is 7.92. The van der Waals surface area contributed by atoms with Crippen molar-refractivity contribution in [2.45, 2.75) is 13.0 Å². The Morgan fingerprint density at radius 3 is 2.07 bits per heavy atom. The number of para-hydroxylation sites is 1. The van der Waals surface area contributed by atoms with Crippen LogP contribution in [0.2, 0.25) is 5.02 Å². The number of hydrogen-bond acceptors (Lipinski definition) is 4. The lowest BCUT2D eigenvalue weighted by Crippen LogP contribution is -2.45. The molecule has 3 aromatic carbocycles. The van der Waals surface area contributed by atoms with Gasteiger partial charge < -0.3 is 10.1 Å². The molecule has 156 valence electrons.